The topological polar surface area (TPSA) is 114 Å². The van der Waals surface area contributed by atoms with Crippen LogP contribution in [-0.2, 0) is 0 Å². The molecule has 2 aliphatic rings. The highest BCUT2D eigenvalue weighted by atomic mass is 16.6. The number of rotatable bonds is 5. The van der Waals surface area contributed by atoms with Crippen molar-refractivity contribution in [3.05, 3.63) is 30.5 Å². The molecule has 10 nitrogen and oxygen atoms in total. The van der Waals surface area contributed by atoms with Gasteiger partial charge in [0.25, 0.3) is 0 Å². The number of benzene rings is 1. The van der Waals surface area contributed by atoms with Crippen molar-refractivity contribution in [3.8, 4) is 11.5 Å². The fraction of sp³-hybridized carbons (Fsp3) is 0.316. The summed E-state index contributed by atoms with van der Waals surface area (Å²) in [6.07, 6.45) is 3.62. The van der Waals surface area contributed by atoms with Gasteiger partial charge in [-0.25, -0.2) is 9.78 Å². The van der Waals surface area contributed by atoms with Gasteiger partial charge in [0.15, 0.2) is 17.1 Å². The largest absolute Gasteiger partial charge is 0.486 e. The van der Waals surface area contributed by atoms with Crippen LogP contribution in [0.15, 0.2) is 30.5 Å². The lowest BCUT2D eigenvalue weighted by molar-refractivity contribution is 0.172. The van der Waals surface area contributed by atoms with Crippen molar-refractivity contribution in [1.29, 1.82) is 0 Å². The zero-order chi connectivity index (χ0) is 19.8. The minimum absolute atomic E-state index is 0.253. The smallest absolute Gasteiger partial charge is 0.319 e. The lowest BCUT2D eigenvalue weighted by Gasteiger charge is -2.21. The molecule has 0 atom stereocenters. The summed E-state index contributed by atoms with van der Waals surface area (Å²) in [6, 6.07) is 7.50. The van der Waals surface area contributed by atoms with Crippen LogP contribution >= 0.6 is 0 Å². The summed E-state index contributed by atoms with van der Waals surface area (Å²) < 4.78 is 13.0. The van der Waals surface area contributed by atoms with E-state index in [1.54, 1.807) is 17.8 Å². The zero-order valence-electron chi connectivity index (χ0n) is 15.9. The van der Waals surface area contributed by atoms with Gasteiger partial charge in [0.05, 0.1) is 11.9 Å². The molecular formula is C19H21N7O3. The number of carbonyl (C=O) groups is 1. The standard InChI is InChI=1S/C19H21N7O3/c1-20-16-9-15(23-12-3-2-4-14-17(12)29-8-7-28-14)25-18-13(10-21-26(16)18)24-19(27)22-11-5-6-11/h2-4,9-11,20H,5-8H2,1H3,(H,23,25)(H2,22,24,27). The first kappa shape index (κ1) is 17.4. The molecule has 2 aromatic heterocycles. The maximum atomic E-state index is 12.1. The fourth-order valence-electron chi connectivity index (χ4n) is 3.17. The Hall–Kier alpha value is -3.69. The van der Waals surface area contributed by atoms with E-state index in [9.17, 15) is 4.79 Å². The van der Waals surface area contributed by atoms with Gasteiger partial charge in [-0.15, -0.1) is 0 Å². The van der Waals surface area contributed by atoms with E-state index in [1.165, 1.54) is 0 Å². The van der Waals surface area contributed by atoms with Crippen molar-refractivity contribution >= 4 is 34.7 Å². The van der Waals surface area contributed by atoms with Gasteiger partial charge < -0.3 is 30.7 Å². The number of hydrogen-bond donors (Lipinski definition) is 4. The van der Waals surface area contributed by atoms with Crippen molar-refractivity contribution in [2.24, 2.45) is 0 Å². The van der Waals surface area contributed by atoms with Gasteiger partial charge in [0.2, 0.25) is 0 Å². The molecule has 0 spiro atoms. The number of nitrogens with one attached hydrogen (secondary N) is 4. The zero-order valence-corrected chi connectivity index (χ0v) is 15.9. The summed E-state index contributed by atoms with van der Waals surface area (Å²) in [5, 5.41) is 16.5. The Labute approximate surface area is 166 Å². The van der Waals surface area contributed by atoms with Gasteiger partial charge in [-0.3, -0.25) is 0 Å². The second kappa shape index (κ2) is 7.04. The lowest BCUT2D eigenvalue weighted by atomic mass is 10.2. The van der Waals surface area contributed by atoms with E-state index in [4.69, 9.17) is 9.47 Å². The van der Waals surface area contributed by atoms with Crippen molar-refractivity contribution in [3.63, 3.8) is 0 Å². The number of carbonyl (C=O) groups excluding carboxylic acids is 1. The summed E-state index contributed by atoms with van der Waals surface area (Å²) in [5.74, 6) is 2.65. The van der Waals surface area contributed by atoms with Gasteiger partial charge >= 0.3 is 6.03 Å². The Kier molecular flexibility index (Phi) is 4.23. The van der Waals surface area contributed by atoms with Gasteiger partial charge in [0.1, 0.15) is 30.5 Å². The Morgan fingerprint density at radius 3 is 2.90 bits per heavy atom. The highest BCUT2D eigenvalue weighted by Gasteiger charge is 2.24. The lowest BCUT2D eigenvalue weighted by Crippen LogP contribution is -2.30. The third kappa shape index (κ3) is 3.44. The normalized spacial score (nSPS) is 15.1. The first-order valence-corrected chi connectivity index (χ1v) is 9.51. The third-order valence-electron chi connectivity index (χ3n) is 4.72. The van der Waals surface area contributed by atoms with Crippen LogP contribution in [0.3, 0.4) is 0 Å². The van der Waals surface area contributed by atoms with Crippen LogP contribution in [0.4, 0.5) is 27.8 Å². The maximum Gasteiger partial charge on any atom is 0.319 e. The van der Waals surface area contributed by atoms with Gasteiger partial charge in [-0.1, -0.05) is 6.07 Å². The molecule has 4 N–H and O–H groups in total. The van der Waals surface area contributed by atoms with E-state index in [-0.39, 0.29) is 12.1 Å². The first-order valence-electron chi connectivity index (χ1n) is 9.51. The van der Waals surface area contributed by atoms with Crippen molar-refractivity contribution in [1.82, 2.24) is 19.9 Å². The average Bonchev–Trinajstić information content (AvgIpc) is 3.46. The maximum absolute atomic E-state index is 12.1. The van der Waals surface area contributed by atoms with Crippen molar-refractivity contribution in [2.75, 3.05) is 36.2 Å². The number of fused-ring (bicyclic) bond motifs is 2. The van der Waals surface area contributed by atoms with Crippen LogP contribution in [0.1, 0.15) is 12.8 Å². The molecule has 1 fully saturated rings. The second-order valence-electron chi connectivity index (χ2n) is 6.90. The average molecular weight is 395 g/mol. The monoisotopic (exact) mass is 395 g/mol. The van der Waals surface area contributed by atoms with Gasteiger partial charge in [0, 0.05) is 19.2 Å². The van der Waals surface area contributed by atoms with Gasteiger partial charge in [-0.2, -0.15) is 9.61 Å². The molecule has 0 unspecified atom stereocenters. The van der Waals surface area contributed by atoms with Crippen molar-refractivity contribution < 1.29 is 14.3 Å². The van der Waals surface area contributed by atoms with Gasteiger partial charge in [-0.05, 0) is 25.0 Å². The van der Waals surface area contributed by atoms with Crippen LogP contribution in [0.2, 0.25) is 0 Å². The Balaban J connectivity index is 1.47. The van der Waals surface area contributed by atoms with E-state index in [1.807, 2.05) is 24.3 Å². The number of anilines is 4. The molecule has 5 rings (SSSR count). The predicted molar refractivity (Wildman–Crippen MR) is 108 cm³/mol. The number of urea groups is 1. The summed E-state index contributed by atoms with van der Waals surface area (Å²) >= 11 is 0. The minimum Gasteiger partial charge on any atom is -0.486 e. The molecule has 1 aromatic carbocycles. The van der Waals surface area contributed by atoms with Crippen LogP contribution in [0, 0.1) is 0 Å². The number of ether oxygens (including phenoxy) is 2. The Morgan fingerprint density at radius 2 is 2.07 bits per heavy atom. The molecule has 0 bridgehead atoms. The number of para-hydroxylation sites is 1. The summed E-state index contributed by atoms with van der Waals surface area (Å²) in [4.78, 5) is 16.8. The molecule has 3 aromatic rings. The van der Waals surface area contributed by atoms with Crippen LogP contribution in [0.25, 0.3) is 5.65 Å². The van der Waals surface area contributed by atoms with Crippen LogP contribution < -0.4 is 30.7 Å². The molecule has 150 valence electrons. The molecule has 29 heavy (non-hydrogen) atoms. The molecule has 1 saturated carbocycles. The van der Waals surface area contributed by atoms with E-state index in [2.05, 4.69) is 31.3 Å². The Bertz CT molecular complexity index is 1080. The summed E-state index contributed by atoms with van der Waals surface area (Å²) in [7, 11) is 1.80. The highest BCUT2D eigenvalue weighted by molar-refractivity contribution is 5.93. The fourth-order valence-corrected chi connectivity index (χ4v) is 3.17. The summed E-state index contributed by atoms with van der Waals surface area (Å²) in [6.45, 7) is 1.02. The summed E-state index contributed by atoms with van der Waals surface area (Å²) in [5.41, 5.74) is 1.80. The molecule has 0 radical (unpaired) electrons. The predicted octanol–water partition coefficient (Wildman–Crippen LogP) is 2.57. The molecule has 3 heterocycles. The Morgan fingerprint density at radius 1 is 1.21 bits per heavy atom. The van der Waals surface area contributed by atoms with E-state index in [0.29, 0.717) is 41.9 Å². The molecule has 10 heteroatoms. The van der Waals surface area contributed by atoms with E-state index < -0.39 is 0 Å². The quantitative estimate of drug-likeness (QED) is 0.525. The van der Waals surface area contributed by atoms with Crippen LogP contribution in [0.5, 0.6) is 11.5 Å². The third-order valence-corrected chi connectivity index (χ3v) is 4.72. The molecule has 1 aliphatic heterocycles. The van der Waals surface area contributed by atoms with Crippen LogP contribution in [-0.4, -0.2) is 46.9 Å². The highest BCUT2D eigenvalue weighted by Crippen LogP contribution is 2.38. The SMILES string of the molecule is CNc1cc(Nc2cccc3c2OCCO3)nc2c(NC(=O)NC3CC3)cnn12. The number of nitrogens with zero attached hydrogens (tertiary/aromatic N) is 3. The molecule has 2 amide bonds. The molecular weight excluding hydrogens is 374 g/mol. The first-order chi connectivity index (χ1) is 14.2. The minimum atomic E-state index is -0.253. The number of aromatic nitrogens is 3. The van der Waals surface area contributed by atoms with E-state index in [0.717, 1.165) is 24.3 Å². The number of amides is 2. The number of hydrogen-bond acceptors (Lipinski definition) is 7. The molecule has 1 aliphatic carbocycles. The van der Waals surface area contributed by atoms with Crippen molar-refractivity contribution in [2.45, 2.75) is 18.9 Å². The second-order valence-corrected chi connectivity index (χ2v) is 6.90. The van der Waals surface area contributed by atoms with E-state index >= 15 is 0 Å². The molecule has 0 saturated heterocycles.